The topological polar surface area (TPSA) is 67.2 Å². The zero-order valence-corrected chi connectivity index (χ0v) is 20.7. The van der Waals surface area contributed by atoms with Gasteiger partial charge in [-0.2, -0.15) is 0 Å². The first-order chi connectivity index (χ1) is 16.6. The molecule has 0 unspecified atom stereocenters. The summed E-state index contributed by atoms with van der Waals surface area (Å²) in [5, 5.41) is 0. The van der Waals surface area contributed by atoms with Crippen molar-refractivity contribution in [2.75, 3.05) is 19.6 Å². The Kier molecular flexibility index (Phi) is 5.77. The van der Waals surface area contributed by atoms with Crippen LogP contribution in [0.15, 0.2) is 36.7 Å². The number of aromatic nitrogens is 2. The van der Waals surface area contributed by atoms with Crippen molar-refractivity contribution in [1.82, 2.24) is 19.2 Å². The summed E-state index contributed by atoms with van der Waals surface area (Å²) in [5.41, 5.74) is 3.87. The standard InChI is InChI=1S/C27H31FN4O3/c1-17-15-31-16-20(14-23(28)24(31)29-17)18-5-6-22-19(13-18)7-12-32(25(22)33)21-8-10-30(11-9-21)26(34)35-27(2,3)4/h5-6,13-16,21H,7-12H2,1-4H3. The second kappa shape index (κ2) is 8.66. The average molecular weight is 479 g/mol. The van der Waals surface area contributed by atoms with Gasteiger partial charge in [0.25, 0.3) is 5.91 Å². The zero-order chi connectivity index (χ0) is 24.9. The molecule has 0 spiro atoms. The van der Waals surface area contributed by atoms with E-state index in [2.05, 4.69) is 4.98 Å². The SMILES string of the molecule is Cc1cn2cc(-c3ccc4c(c3)CCN(C3CCN(C(=O)OC(C)(C)C)CC3)C4=O)cc(F)c2n1. The molecule has 2 aliphatic heterocycles. The normalized spacial score (nSPS) is 17.1. The Morgan fingerprint density at radius 1 is 1.09 bits per heavy atom. The first-order valence-electron chi connectivity index (χ1n) is 12.2. The van der Waals surface area contributed by atoms with E-state index >= 15 is 0 Å². The van der Waals surface area contributed by atoms with E-state index in [1.165, 1.54) is 6.07 Å². The van der Waals surface area contributed by atoms with Crippen LogP contribution in [0.2, 0.25) is 0 Å². The van der Waals surface area contributed by atoms with Crippen molar-refractivity contribution in [2.45, 2.75) is 58.6 Å². The molecule has 3 aromatic rings. The number of imidazole rings is 1. The minimum Gasteiger partial charge on any atom is -0.444 e. The number of aryl methyl sites for hydroxylation is 1. The van der Waals surface area contributed by atoms with E-state index in [0.717, 1.165) is 41.6 Å². The van der Waals surface area contributed by atoms with Gasteiger partial charge in [0, 0.05) is 49.2 Å². The first kappa shape index (κ1) is 23.3. The largest absolute Gasteiger partial charge is 0.444 e. The van der Waals surface area contributed by atoms with Gasteiger partial charge in [-0.15, -0.1) is 0 Å². The van der Waals surface area contributed by atoms with Gasteiger partial charge >= 0.3 is 6.09 Å². The zero-order valence-electron chi connectivity index (χ0n) is 20.7. The molecule has 35 heavy (non-hydrogen) atoms. The van der Waals surface area contributed by atoms with E-state index in [-0.39, 0.29) is 23.9 Å². The third-order valence-electron chi connectivity index (χ3n) is 6.74. The van der Waals surface area contributed by atoms with Gasteiger partial charge < -0.3 is 18.9 Å². The van der Waals surface area contributed by atoms with Crippen LogP contribution < -0.4 is 0 Å². The number of fused-ring (bicyclic) bond motifs is 2. The van der Waals surface area contributed by atoms with Gasteiger partial charge in [0.05, 0.1) is 5.69 Å². The van der Waals surface area contributed by atoms with Crippen molar-refractivity contribution >= 4 is 17.6 Å². The number of halogens is 1. The maximum absolute atomic E-state index is 14.6. The quantitative estimate of drug-likeness (QED) is 0.528. The summed E-state index contributed by atoms with van der Waals surface area (Å²) < 4.78 is 21.8. The van der Waals surface area contributed by atoms with Crippen molar-refractivity contribution in [1.29, 1.82) is 0 Å². The highest BCUT2D eigenvalue weighted by atomic mass is 19.1. The predicted molar refractivity (Wildman–Crippen MR) is 131 cm³/mol. The number of benzene rings is 1. The number of carbonyl (C=O) groups excluding carboxylic acids is 2. The number of rotatable bonds is 2. The molecule has 2 aliphatic rings. The fourth-order valence-electron chi connectivity index (χ4n) is 5.06. The first-order valence-corrected chi connectivity index (χ1v) is 12.2. The van der Waals surface area contributed by atoms with Crippen LogP contribution in [-0.4, -0.2) is 62.5 Å². The maximum atomic E-state index is 14.6. The van der Waals surface area contributed by atoms with Gasteiger partial charge in [0.1, 0.15) is 5.60 Å². The Labute approximate surface area is 204 Å². The number of piperidine rings is 1. The predicted octanol–water partition coefficient (Wildman–Crippen LogP) is 4.85. The number of hydrogen-bond acceptors (Lipinski definition) is 4. The minimum atomic E-state index is -0.519. The molecule has 2 amide bonds. The Morgan fingerprint density at radius 3 is 2.54 bits per heavy atom. The van der Waals surface area contributed by atoms with Crippen molar-refractivity contribution in [3.8, 4) is 11.1 Å². The van der Waals surface area contributed by atoms with Crippen LogP contribution >= 0.6 is 0 Å². The van der Waals surface area contributed by atoms with E-state index in [1.807, 2.05) is 57.0 Å². The molecule has 7 nitrogen and oxygen atoms in total. The maximum Gasteiger partial charge on any atom is 0.410 e. The molecule has 0 radical (unpaired) electrons. The molecule has 5 rings (SSSR count). The van der Waals surface area contributed by atoms with Gasteiger partial charge in [-0.3, -0.25) is 4.79 Å². The Morgan fingerprint density at radius 2 is 1.83 bits per heavy atom. The number of pyridine rings is 1. The lowest BCUT2D eigenvalue weighted by molar-refractivity contribution is 0.0144. The van der Waals surface area contributed by atoms with Gasteiger partial charge in [0.2, 0.25) is 0 Å². The lowest BCUT2D eigenvalue weighted by Gasteiger charge is -2.40. The van der Waals surface area contributed by atoms with Crippen LogP contribution in [0.4, 0.5) is 9.18 Å². The van der Waals surface area contributed by atoms with Gasteiger partial charge in [-0.05, 0) is 70.2 Å². The molecule has 1 saturated heterocycles. The Hall–Kier alpha value is -3.42. The monoisotopic (exact) mass is 478 g/mol. The number of carbonyl (C=O) groups is 2. The van der Waals surface area contributed by atoms with Crippen LogP contribution in [0, 0.1) is 12.7 Å². The number of likely N-dealkylation sites (tertiary alicyclic amines) is 1. The fourth-order valence-corrected chi connectivity index (χ4v) is 5.06. The number of hydrogen-bond donors (Lipinski definition) is 0. The summed E-state index contributed by atoms with van der Waals surface area (Å²) in [6.07, 6.45) is 5.60. The van der Waals surface area contributed by atoms with Crippen LogP contribution in [0.1, 0.15) is 55.2 Å². The highest BCUT2D eigenvalue weighted by Gasteiger charge is 2.34. The molecule has 1 fully saturated rings. The fraction of sp³-hybridized carbons (Fsp3) is 0.444. The molecule has 0 saturated carbocycles. The number of ether oxygens (including phenoxy) is 1. The van der Waals surface area contributed by atoms with Crippen molar-refractivity contribution in [3.05, 3.63) is 59.3 Å². The molecular weight excluding hydrogens is 447 g/mol. The molecular formula is C27H31FN4O3. The van der Waals surface area contributed by atoms with E-state index < -0.39 is 5.60 Å². The summed E-state index contributed by atoms with van der Waals surface area (Å²) in [6, 6.07) is 7.35. The molecule has 184 valence electrons. The third-order valence-corrected chi connectivity index (χ3v) is 6.74. The minimum absolute atomic E-state index is 0.0281. The van der Waals surface area contributed by atoms with Gasteiger partial charge in [-0.1, -0.05) is 12.1 Å². The highest BCUT2D eigenvalue weighted by molar-refractivity contribution is 5.97. The van der Waals surface area contributed by atoms with Crippen molar-refractivity contribution < 1.29 is 18.7 Å². The van der Waals surface area contributed by atoms with Gasteiger partial charge in [0.15, 0.2) is 11.5 Å². The van der Waals surface area contributed by atoms with Crippen LogP contribution in [0.3, 0.4) is 0 Å². The second-order valence-corrected chi connectivity index (χ2v) is 10.5. The van der Waals surface area contributed by atoms with Crippen LogP contribution in [0.5, 0.6) is 0 Å². The summed E-state index contributed by atoms with van der Waals surface area (Å²) in [4.78, 5) is 33.6. The van der Waals surface area contributed by atoms with E-state index in [4.69, 9.17) is 4.74 Å². The molecule has 1 aromatic carbocycles. The molecule has 4 heterocycles. The van der Waals surface area contributed by atoms with E-state index in [9.17, 15) is 14.0 Å². The summed E-state index contributed by atoms with van der Waals surface area (Å²) in [6.45, 7) is 9.22. The van der Waals surface area contributed by atoms with Crippen LogP contribution in [-0.2, 0) is 11.2 Å². The Balaban J connectivity index is 1.30. The van der Waals surface area contributed by atoms with E-state index in [0.29, 0.717) is 30.8 Å². The molecule has 2 aromatic heterocycles. The Bertz CT molecular complexity index is 1300. The third kappa shape index (κ3) is 4.61. The summed E-state index contributed by atoms with van der Waals surface area (Å²) in [7, 11) is 0. The molecule has 0 aliphatic carbocycles. The summed E-state index contributed by atoms with van der Waals surface area (Å²) >= 11 is 0. The average Bonchev–Trinajstić information content (AvgIpc) is 3.19. The lowest BCUT2D eigenvalue weighted by Crippen LogP contribution is -2.51. The van der Waals surface area contributed by atoms with Gasteiger partial charge in [-0.25, -0.2) is 14.2 Å². The molecule has 0 bridgehead atoms. The lowest BCUT2D eigenvalue weighted by atomic mass is 9.92. The molecule has 0 N–H and O–H groups in total. The number of amides is 2. The van der Waals surface area contributed by atoms with Crippen molar-refractivity contribution in [3.63, 3.8) is 0 Å². The second-order valence-electron chi connectivity index (χ2n) is 10.5. The summed E-state index contributed by atoms with van der Waals surface area (Å²) in [5.74, 6) is -0.339. The smallest absolute Gasteiger partial charge is 0.410 e. The highest BCUT2D eigenvalue weighted by Crippen LogP contribution is 2.30. The van der Waals surface area contributed by atoms with Crippen LogP contribution in [0.25, 0.3) is 16.8 Å². The number of nitrogens with zero attached hydrogens (tertiary/aromatic N) is 4. The molecule has 8 heteroatoms. The van der Waals surface area contributed by atoms with E-state index in [1.54, 1.807) is 15.5 Å². The molecule has 0 atom stereocenters. The van der Waals surface area contributed by atoms with Crippen molar-refractivity contribution in [2.24, 2.45) is 0 Å².